The predicted octanol–water partition coefficient (Wildman–Crippen LogP) is 4.26. The van der Waals surface area contributed by atoms with Crippen LogP contribution in [0.3, 0.4) is 0 Å². The number of rotatable bonds is 5. The smallest absolute Gasteiger partial charge is 0.326 e. The van der Waals surface area contributed by atoms with E-state index in [2.05, 4.69) is 11.9 Å². The minimum absolute atomic E-state index is 0.186. The zero-order valence-corrected chi connectivity index (χ0v) is 16.6. The number of fused-ring (bicyclic) bond motifs is 1. The average Bonchev–Trinajstić information content (AvgIpc) is 2.90. The first-order valence-electron chi connectivity index (χ1n) is 7.98. The number of hydrogen-bond acceptors (Lipinski definition) is 4. The van der Waals surface area contributed by atoms with Gasteiger partial charge in [-0.2, -0.15) is 0 Å². The molecule has 0 spiro atoms. The number of esters is 1. The van der Waals surface area contributed by atoms with E-state index in [1.54, 1.807) is 24.3 Å². The van der Waals surface area contributed by atoms with Crippen molar-refractivity contribution in [2.45, 2.75) is 0 Å². The van der Waals surface area contributed by atoms with Gasteiger partial charge in [-0.15, -0.1) is 0 Å². The molecule has 1 aliphatic heterocycles. The van der Waals surface area contributed by atoms with Crippen LogP contribution in [-0.4, -0.2) is 35.8 Å². The minimum atomic E-state index is -0.752. The maximum absolute atomic E-state index is 12.4. The van der Waals surface area contributed by atoms with Gasteiger partial charge >= 0.3 is 5.97 Å². The van der Waals surface area contributed by atoms with E-state index in [9.17, 15) is 14.4 Å². The third kappa shape index (κ3) is 4.14. The molecule has 0 radical (unpaired) electrons. The van der Waals surface area contributed by atoms with Gasteiger partial charge in [-0.25, -0.2) is 0 Å². The summed E-state index contributed by atoms with van der Waals surface area (Å²) >= 11 is 17.7. The molecule has 0 bridgehead atoms. The topological polar surface area (TPSA) is 75.7 Å². The third-order valence-electron chi connectivity index (χ3n) is 3.97. The molecule has 2 aromatic carbocycles. The fourth-order valence-corrected chi connectivity index (χ4v) is 3.22. The maximum atomic E-state index is 12.4. The van der Waals surface area contributed by atoms with Crippen LogP contribution in [0.15, 0.2) is 43.0 Å². The lowest BCUT2D eigenvalue weighted by Gasteiger charge is -2.16. The zero-order chi connectivity index (χ0) is 20.4. The number of halogens is 3. The Labute approximate surface area is 175 Å². The molecule has 0 aliphatic carbocycles. The fraction of sp³-hybridized carbons (Fsp3) is 0.105. The summed E-state index contributed by atoms with van der Waals surface area (Å²) in [4.78, 5) is 37.6. The molecule has 0 fully saturated rings. The van der Waals surface area contributed by atoms with Crippen LogP contribution in [-0.2, 0) is 14.3 Å². The quantitative estimate of drug-likeness (QED) is 0.558. The van der Waals surface area contributed by atoms with Crippen LogP contribution < -0.4 is 5.32 Å². The molecule has 0 saturated carbocycles. The van der Waals surface area contributed by atoms with Gasteiger partial charge in [0, 0.05) is 16.8 Å². The van der Waals surface area contributed by atoms with E-state index in [0.29, 0.717) is 16.8 Å². The number of nitrogens with zero attached hydrogens (tertiary/aromatic N) is 1. The van der Waals surface area contributed by atoms with Gasteiger partial charge in [0.15, 0.2) is 6.61 Å². The van der Waals surface area contributed by atoms with Gasteiger partial charge in [0.1, 0.15) is 6.54 Å². The number of nitrogens with one attached hydrogen (secondary N) is 1. The van der Waals surface area contributed by atoms with E-state index in [-0.39, 0.29) is 33.2 Å². The van der Waals surface area contributed by atoms with Crippen LogP contribution in [0.2, 0.25) is 15.1 Å². The second kappa shape index (κ2) is 8.22. The highest BCUT2D eigenvalue weighted by Gasteiger charge is 2.32. The van der Waals surface area contributed by atoms with Gasteiger partial charge in [-0.1, -0.05) is 59.6 Å². The van der Waals surface area contributed by atoms with Gasteiger partial charge in [-0.05, 0) is 18.2 Å². The third-order valence-corrected chi connectivity index (χ3v) is 5.01. The van der Waals surface area contributed by atoms with Crippen molar-refractivity contribution in [3.8, 4) is 0 Å². The van der Waals surface area contributed by atoms with Crippen molar-refractivity contribution in [1.29, 1.82) is 0 Å². The van der Waals surface area contributed by atoms with Crippen molar-refractivity contribution in [3.63, 3.8) is 0 Å². The van der Waals surface area contributed by atoms with Crippen molar-refractivity contribution in [2.75, 3.05) is 18.5 Å². The normalized spacial score (nSPS) is 12.8. The van der Waals surface area contributed by atoms with Gasteiger partial charge < -0.3 is 10.1 Å². The van der Waals surface area contributed by atoms with Crippen LogP contribution in [0.5, 0.6) is 0 Å². The van der Waals surface area contributed by atoms with Gasteiger partial charge in [0.25, 0.3) is 11.8 Å². The summed E-state index contributed by atoms with van der Waals surface area (Å²) in [6, 6.07) is 9.67. The highest BCUT2D eigenvalue weighted by Crippen LogP contribution is 2.32. The number of hydrogen-bond donors (Lipinski definition) is 1. The maximum Gasteiger partial charge on any atom is 0.326 e. The molecule has 1 heterocycles. The molecule has 0 atom stereocenters. The van der Waals surface area contributed by atoms with Crippen LogP contribution in [0.25, 0.3) is 5.70 Å². The van der Waals surface area contributed by atoms with Gasteiger partial charge in [-0.3, -0.25) is 19.3 Å². The molecule has 0 unspecified atom stereocenters. The first-order chi connectivity index (χ1) is 13.3. The van der Waals surface area contributed by atoms with E-state index in [4.69, 9.17) is 39.5 Å². The molecular weight excluding hydrogens is 427 g/mol. The Morgan fingerprint density at radius 3 is 2.36 bits per heavy atom. The number of carbonyl (C=O) groups excluding carboxylic acids is 3. The Balaban J connectivity index is 1.55. The molecule has 3 rings (SSSR count). The Hall–Kier alpha value is -2.54. The van der Waals surface area contributed by atoms with Gasteiger partial charge in [0.05, 0.1) is 20.8 Å². The summed E-state index contributed by atoms with van der Waals surface area (Å²) in [6.45, 7) is 2.92. The molecule has 1 N–H and O–H groups in total. The molecule has 0 aromatic heterocycles. The Kier molecular flexibility index (Phi) is 5.93. The summed E-state index contributed by atoms with van der Waals surface area (Å²) in [6.07, 6.45) is 0. The summed E-state index contributed by atoms with van der Waals surface area (Å²) in [5, 5.41) is 3.11. The number of anilines is 1. The number of ether oxygens (including phenoxy) is 1. The molecule has 2 amide bonds. The first-order valence-corrected chi connectivity index (χ1v) is 9.11. The van der Waals surface area contributed by atoms with E-state index >= 15 is 0 Å². The molecule has 6 nitrogen and oxygen atoms in total. The van der Waals surface area contributed by atoms with Crippen LogP contribution in [0.4, 0.5) is 5.69 Å². The van der Waals surface area contributed by atoms with Crippen molar-refractivity contribution in [3.05, 3.63) is 69.2 Å². The summed E-state index contributed by atoms with van der Waals surface area (Å²) in [5.74, 6) is -1.72. The lowest BCUT2D eigenvalue weighted by Crippen LogP contribution is -2.32. The zero-order valence-electron chi connectivity index (χ0n) is 14.3. The second-order valence-corrected chi connectivity index (χ2v) is 7.06. The molecule has 1 aliphatic rings. The van der Waals surface area contributed by atoms with Gasteiger partial charge in [0.2, 0.25) is 0 Å². The largest absolute Gasteiger partial charge is 0.454 e. The van der Waals surface area contributed by atoms with Crippen molar-refractivity contribution in [1.82, 2.24) is 4.90 Å². The Morgan fingerprint density at radius 2 is 1.68 bits per heavy atom. The molecule has 2 aromatic rings. The Bertz CT molecular complexity index is 972. The summed E-state index contributed by atoms with van der Waals surface area (Å²) in [7, 11) is 0. The molecule has 28 heavy (non-hydrogen) atoms. The fourth-order valence-electron chi connectivity index (χ4n) is 2.63. The number of amides is 2. The van der Waals surface area contributed by atoms with Crippen molar-refractivity contribution >= 4 is 64.0 Å². The van der Waals surface area contributed by atoms with Crippen molar-refractivity contribution < 1.29 is 19.1 Å². The SMILES string of the molecule is C=C1c2ccccc2C(=O)N1CC(=O)OCC(=O)Nc1cc(Cl)c(Cl)cc1Cl. The molecule has 144 valence electrons. The number of benzene rings is 2. The summed E-state index contributed by atoms with van der Waals surface area (Å²) in [5.41, 5.74) is 1.76. The van der Waals surface area contributed by atoms with Crippen LogP contribution in [0.1, 0.15) is 15.9 Å². The highest BCUT2D eigenvalue weighted by atomic mass is 35.5. The highest BCUT2D eigenvalue weighted by molar-refractivity contribution is 6.44. The van der Waals surface area contributed by atoms with Crippen molar-refractivity contribution in [2.24, 2.45) is 0 Å². The monoisotopic (exact) mass is 438 g/mol. The van der Waals surface area contributed by atoms with E-state index in [1.165, 1.54) is 17.0 Å². The number of carbonyl (C=O) groups is 3. The Morgan fingerprint density at radius 1 is 1.04 bits per heavy atom. The lowest BCUT2D eigenvalue weighted by molar-refractivity contribution is -0.147. The standard InChI is InChI=1S/C19H13Cl3N2O4/c1-10-11-4-2-3-5-12(11)19(27)24(10)8-18(26)28-9-17(25)23-16-7-14(21)13(20)6-15(16)22/h2-7H,1,8-9H2,(H,23,25). The molecule has 9 heteroatoms. The lowest BCUT2D eigenvalue weighted by atomic mass is 10.1. The van der Waals surface area contributed by atoms with E-state index in [0.717, 1.165) is 0 Å². The van der Waals surface area contributed by atoms with E-state index in [1.807, 2.05) is 0 Å². The van der Waals surface area contributed by atoms with Crippen LogP contribution in [0, 0.1) is 0 Å². The van der Waals surface area contributed by atoms with E-state index < -0.39 is 18.5 Å². The predicted molar refractivity (Wildman–Crippen MR) is 108 cm³/mol. The minimum Gasteiger partial charge on any atom is -0.454 e. The average molecular weight is 440 g/mol. The molecular formula is C19H13Cl3N2O4. The summed E-state index contributed by atoms with van der Waals surface area (Å²) < 4.78 is 4.94. The first kappa shape index (κ1) is 20.2. The second-order valence-electron chi connectivity index (χ2n) is 5.84. The molecule has 0 saturated heterocycles. The van der Waals surface area contributed by atoms with Crippen LogP contribution >= 0.6 is 34.8 Å².